The van der Waals surface area contributed by atoms with Crippen molar-refractivity contribution in [3.05, 3.63) is 48.8 Å². The fraction of sp³-hybridized carbons (Fsp3) is 0.312. The smallest absolute Gasteiger partial charge is 0.244 e. The van der Waals surface area contributed by atoms with E-state index in [2.05, 4.69) is 9.88 Å². The summed E-state index contributed by atoms with van der Waals surface area (Å²) in [4.78, 5) is 6.32. The molecule has 0 amide bonds. The second-order valence-corrected chi connectivity index (χ2v) is 7.22. The maximum Gasteiger partial charge on any atom is 0.244 e. The minimum absolute atomic E-state index is 0.248. The SMILES string of the molecule is COc1ccc(N2CCN(S(=O)(=O)c3cccnc3)CC2)cc1. The third-order valence-electron chi connectivity index (χ3n) is 3.95. The average molecular weight is 333 g/mol. The molecule has 1 aliphatic rings. The number of hydrogen-bond acceptors (Lipinski definition) is 5. The molecule has 1 fully saturated rings. The van der Waals surface area contributed by atoms with Gasteiger partial charge in [0.15, 0.2) is 0 Å². The van der Waals surface area contributed by atoms with Gasteiger partial charge in [-0.05, 0) is 36.4 Å². The molecule has 0 saturated carbocycles. The topological polar surface area (TPSA) is 62.7 Å². The van der Waals surface area contributed by atoms with Crippen molar-refractivity contribution in [1.82, 2.24) is 9.29 Å². The van der Waals surface area contributed by atoms with Gasteiger partial charge in [-0.3, -0.25) is 4.98 Å². The molecule has 1 aromatic heterocycles. The minimum Gasteiger partial charge on any atom is -0.497 e. The van der Waals surface area contributed by atoms with Gasteiger partial charge in [-0.15, -0.1) is 0 Å². The van der Waals surface area contributed by atoms with Gasteiger partial charge >= 0.3 is 0 Å². The quantitative estimate of drug-likeness (QED) is 0.850. The Morgan fingerprint density at radius 1 is 1.04 bits per heavy atom. The molecular weight excluding hydrogens is 314 g/mol. The number of nitrogens with zero attached hydrogens (tertiary/aromatic N) is 3. The molecule has 7 heteroatoms. The normalized spacial score (nSPS) is 16.3. The molecular formula is C16H19N3O3S. The van der Waals surface area contributed by atoms with Gasteiger partial charge in [-0.1, -0.05) is 0 Å². The Bertz CT molecular complexity index is 740. The molecule has 23 heavy (non-hydrogen) atoms. The zero-order valence-corrected chi connectivity index (χ0v) is 13.7. The lowest BCUT2D eigenvalue weighted by atomic mass is 10.2. The molecule has 0 atom stereocenters. The predicted octanol–water partition coefficient (Wildman–Crippen LogP) is 1.60. The summed E-state index contributed by atoms with van der Waals surface area (Å²) in [6.07, 6.45) is 2.96. The summed E-state index contributed by atoms with van der Waals surface area (Å²) in [5, 5.41) is 0. The van der Waals surface area contributed by atoms with Gasteiger partial charge < -0.3 is 9.64 Å². The highest BCUT2D eigenvalue weighted by Crippen LogP contribution is 2.22. The second kappa shape index (κ2) is 6.55. The monoisotopic (exact) mass is 333 g/mol. The summed E-state index contributed by atoms with van der Waals surface area (Å²) in [7, 11) is -1.82. The van der Waals surface area contributed by atoms with Crippen LogP contribution in [0.2, 0.25) is 0 Å². The number of sulfonamides is 1. The van der Waals surface area contributed by atoms with Crippen molar-refractivity contribution in [3.63, 3.8) is 0 Å². The van der Waals surface area contributed by atoms with Gasteiger partial charge in [-0.2, -0.15) is 4.31 Å². The summed E-state index contributed by atoms with van der Waals surface area (Å²) in [5.74, 6) is 0.812. The number of aromatic nitrogens is 1. The van der Waals surface area contributed by atoms with Crippen molar-refractivity contribution in [1.29, 1.82) is 0 Å². The number of hydrogen-bond donors (Lipinski definition) is 0. The van der Waals surface area contributed by atoms with Crippen molar-refractivity contribution in [3.8, 4) is 5.75 Å². The van der Waals surface area contributed by atoms with Crippen molar-refractivity contribution >= 4 is 15.7 Å². The fourth-order valence-corrected chi connectivity index (χ4v) is 4.02. The first kappa shape index (κ1) is 15.8. The van der Waals surface area contributed by atoms with Gasteiger partial charge in [0.2, 0.25) is 10.0 Å². The van der Waals surface area contributed by atoms with E-state index >= 15 is 0 Å². The molecule has 0 aliphatic carbocycles. The molecule has 0 unspecified atom stereocenters. The zero-order valence-electron chi connectivity index (χ0n) is 12.9. The number of piperazine rings is 1. The summed E-state index contributed by atoms with van der Waals surface area (Å²) >= 11 is 0. The van der Waals surface area contributed by atoms with Crippen molar-refractivity contribution < 1.29 is 13.2 Å². The van der Waals surface area contributed by atoms with Gasteiger partial charge in [0.05, 0.1) is 7.11 Å². The van der Waals surface area contributed by atoms with E-state index in [1.165, 1.54) is 10.5 Å². The fourth-order valence-electron chi connectivity index (χ4n) is 2.63. The number of methoxy groups -OCH3 is 1. The highest BCUT2D eigenvalue weighted by atomic mass is 32.2. The molecule has 0 bridgehead atoms. The summed E-state index contributed by atoms with van der Waals surface area (Å²) in [6.45, 7) is 2.24. The maximum absolute atomic E-state index is 12.6. The van der Waals surface area contributed by atoms with E-state index in [4.69, 9.17) is 4.74 Å². The van der Waals surface area contributed by atoms with Crippen LogP contribution in [0.25, 0.3) is 0 Å². The van der Waals surface area contributed by atoms with Gasteiger partial charge in [0, 0.05) is 44.3 Å². The van der Waals surface area contributed by atoms with Crippen molar-refractivity contribution in [2.75, 3.05) is 38.2 Å². The van der Waals surface area contributed by atoms with E-state index in [9.17, 15) is 8.42 Å². The summed E-state index contributed by atoms with van der Waals surface area (Å²) in [6, 6.07) is 11.0. The van der Waals surface area contributed by atoms with Crippen LogP contribution in [0.1, 0.15) is 0 Å². The van der Waals surface area contributed by atoms with Crippen LogP contribution >= 0.6 is 0 Å². The van der Waals surface area contributed by atoms with E-state index in [0.717, 1.165) is 11.4 Å². The van der Waals surface area contributed by atoms with Crippen LogP contribution < -0.4 is 9.64 Å². The number of anilines is 1. The first-order chi connectivity index (χ1) is 11.1. The Kier molecular flexibility index (Phi) is 4.49. The first-order valence-corrected chi connectivity index (χ1v) is 8.84. The molecule has 122 valence electrons. The molecule has 0 spiro atoms. The minimum atomic E-state index is -3.45. The first-order valence-electron chi connectivity index (χ1n) is 7.40. The third kappa shape index (κ3) is 3.30. The Labute approximate surface area is 136 Å². The zero-order chi connectivity index (χ0) is 16.3. The molecule has 6 nitrogen and oxygen atoms in total. The van der Waals surface area contributed by atoms with E-state index in [-0.39, 0.29) is 4.90 Å². The van der Waals surface area contributed by atoms with Crippen molar-refractivity contribution in [2.45, 2.75) is 4.90 Å². The lowest BCUT2D eigenvalue weighted by Gasteiger charge is -2.35. The van der Waals surface area contributed by atoms with E-state index in [0.29, 0.717) is 26.2 Å². The molecule has 2 heterocycles. The van der Waals surface area contributed by atoms with Crippen LogP contribution in [0.3, 0.4) is 0 Å². The Balaban J connectivity index is 1.68. The number of pyridine rings is 1. The maximum atomic E-state index is 12.6. The van der Waals surface area contributed by atoms with E-state index < -0.39 is 10.0 Å². The predicted molar refractivity (Wildman–Crippen MR) is 88.2 cm³/mol. The van der Waals surface area contributed by atoms with Crippen LogP contribution in [-0.4, -0.2) is 51.0 Å². The van der Waals surface area contributed by atoms with Crippen LogP contribution in [0.5, 0.6) is 5.75 Å². The standard InChI is InChI=1S/C16H19N3O3S/c1-22-15-6-4-14(5-7-15)18-9-11-19(12-10-18)23(20,21)16-3-2-8-17-13-16/h2-8,13H,9-12H2,1H3. The molecule has 1 aromatic carbocycles. The van der Waals surface area contributed by atoms with E-state index in [1.807, 2.05) is 24.3 Å². The van der Waals surface area contributed by atoms with Gasteiger partial charge in [0.1, 0.15) is 10.6 Å². The lowest BCUT2D eigenvalue weighted by molar-refractivity contribution is 0.384. The summed E-state index contributed by atoms with van der Waals surface area (Å²) < 4.78 is 31.8. The largest absolute Gasteiger partial charge is 0.497 e. The highest BCUT2D eigenvalue weighted by molar-refractivity contribution is 7.89. The molecule has 3 rings (SSSR count). The molecule has 0 radical (unpaired) electrons. The molecule has 1 aliphatic heterocycles. The average Bonchev–Trinajstić information content (AvgIpc) is 2.63. The Hall–Kier alpha value is -2.12. The van der Waals surface area contributed by atoms with Crippen LogP contribution in [0.15, 0.2) is 53.7 Å². The Morgan fingerprint density at radius 2 is 1.74 bits per heavy atom. The van der Waals surface area contributed by atoms with E-state index in [1.54, 1.807) is 25.4 Å². The number of ether oxygens (including phenoxy) is 1. The van der Waals surface area contributed by atoms with Crippen LogP contribution in [-0.2, 0) is 10.0 Å². The number of rotatable bonds is 4. The highest BCUT2D eigenvalue weighted by Gasteiger charge is 2.28. The molecule has 0 N–H and O–H groups in total. The van der Waals surface area contributed by atoms with Gasteiger partial charge in [0.25, 0.3) is 0 Å². The third-order valence-corrected chi connectivity index (χ3v) is 5.83. The summed E-state index contributed by atoms with van der Waals surface area (Å²) in [5.41, 5.74) is 1.07. The lowest BCUT2D eigenvalue weighted by Crippen LogP contribution is -2.48. The molecule has 1 saturated heterocycles. The Morgan fingerprint density at radius 3 is 2.30 bits per heavy atom. The van der Waals surface area contributed by atoms with Crippen LogP contribution in [0, 0.1) is 0 Å². The second-order valence-electron chi connectivity index (χ2n) is 5.28. The van der Waals surface area contributed by atoms with Crippen LogP contribution in [0.4, 0.5) is 5.69 Å². The van der Waals surface area contributed by atoms with Gasteiger partial charge in [-0.25, -0.2) is 8.42 Å². The van der Waals surface area contributed by atoms with Crippen molar-refractivity contribution in [2.24, 2.45) is 0 Å². The molecule has 2 aromatic rings. The number of benzene rings is 1.